The van der Waals surface area contributed by atoms with Gasteiger partial charge in [-0.3, -0.25) is 20.9 Å². The smallest absolute Gasteiger partial charge is 0.234 e. The lowest BCUT2D eigenvalue weighted by atomic mass is 10.6. The summed E-state index contributed by atoms with van der Waals surface area (Å²) in [5.41, 5.74) is 15.4. The summed E-state index contributed by atoms with van der Waals surface area (Å²) in [6, 6.07) is 0. The number of nitrogens with two attached hydrogens (primary N) is 3. The van der Waals surface area contributed by atoms with Crippen LogP contribution in [0.3, 0.4) is 0 Å². The molecule has 690 valence electrons. The number of aromatic nitrogens is 27. The normalized spacial score (nSPS) is 12.5. The van der Waals surface area contributed by atoms with Crippen molar-refractivity contribution in [2.75, 3.05) is 278 Å². The first-order valence-corrected chi connectivity index (χ1v) is 37.4. The minimum absolute atomic E-state index is 0. The van der Waals surface area contributed by atoms with Gasteiger partial charge in [0.05, 0.1) is 40.0 Å². The quantitative estimate of drug-likeness (QED) is 0.0179. The van der Waals surface area contributed by atoms with Gasteiger partial charge in [-0.25, -0.2) is 9.98 Å². The van der Waals surface area contributed by atoms with Gasteiger partial charge in [0.15, 0.2) is 0 Å². The second kappa shape index (κ2) is 55.4. The van der Waals surface area contributed by atoms with E-state index in [0.29, 0.717) is 73.8 Å². The van der Waals surface area contributed by atoms with E-state index in [1.165, 1.54) is 0 Å². The lowest BCUT2D eigenvalue weighted by Crippen LogP contribution is -2.61. The Morgan fingerprint density at radius 3 is 0.827 bits per heavy atom. The minimum Gasteiger partial charge on any atom is -0.412 e. The van der Waals surface area contributed by atoms with Crippen molar-refractivity contribution in [3.63, 3.8) is 0 Å². The molecule has 0 aromatic carbocycles. The van der Waals surface area contributed by atoms with Gasteiger partial charge < -0.3 is 196 Å². The van der Waals surface area contributed by atoms with Crippen LogP contribution in [0.2, 0.25) is 0 Å². The number of aliphatic hydroxyl groups is 8. The Kier molecular flexibility index (Phi) is 43.3. The Balaban J connectivity index is 0.000000311. The molecule has 9 aromatic heterocycles. The summed E-state index contributed by atoms with van der Waals surface area (Å²) in [6.07, 6.45) is 0. The molecule has 1 fully saturated rings. The van der Waals surface area contributed by atoms with E-state index >= 15 is 0 Å². The molecule has 12 heterocycles. The highest BCUT2D eigenvalue weighted by Crippen LogP contribution is 2.20. The molecule has 0 unspecified atom stereocenters. The molecule has 0 spiro atoms. The Morgan fingerprint density at radius 1 is 0.307 bits per heavy atom. The molecule has 0 saturated carbocycles. The lowest BCUT2D eigenvalue weighted by Gasteiger charge is -2.25. The van der Waals surface area contributed by atoms with Gasteiger partial charge in [0.1, 0.15) is 74.0 Å². The number of nitrogens with zero attached hydrogens (tertiary/aromatic N) is 31. The van der Waals surface area contributed by atoms with Crippen molar-refractivity contribution in [1.82, 2.24) is 151 Å². The van der Waals surface area contributed by atoms with Gasteiger partial charge in [0, 0.05) is 26.2 Å². The maximum Gasteiger partial charge on any atom is 0.234 e. The van der Waals surface area contributed by atoms with Crippen LogP contribution in [0.25, 0.3) is 0 Å². The summed E-state index contributed by atoms with van der Waals surface area (Å²) in [5, 5.41) is 147. The first kappa shape index (κ1) is 99.2. The van der Waals surface area contributed by atoms with E-state index in [4.69, 9.17) is 67.7 Å². The third-order valence-electron chi connectivity index (χ3n) is 13.7. The Bertz CT molecular complexity index is 4620. The van der Waals surface area contributed by atoms with E-state index in [9.17, 15) is 5.11 Å². The molecule has 12 bridgehead atoms. The number of anilines is 27. The predicted octanol–water partition coefficient (Wildman–Crippen LogP) is -8.83. The maximum absolute atomic E-state index is 9.21. The molecule has 42 N–H and O–H groups in total. The summed E-state index contributed by atoms with van der Waals surface area (Å²) >= 11 is 0. The van der Waals surface area contributed by atoms with Gasteiger partial charge in [-0.05, 0) is 27.7 Å². The van der Waals surface area contributed by atoms with Crippen molar-refractivity contribution in [2.24, 2.45) is 15.0 Å². The van der Waals surface area contributed by atoms with Crippen LogP contribution in [-0.4, -0.2) is 339 Å². The molecule has 0 aliphatic carbocycles. The van der Waals surface area contributed by atoms with E-state index in [1.807, 2.05) is 48.3 Å². The molecular formula is C57H102N60O10. The molecule has 9 aromatic rings. The van der Waals surface area contributed by atoms with Crippen LogP contribution in [-0.2, 0) is 4.79 Å². The zero-order valence-corrected chi connectivity index (χ0v) is 68.9. The number of guanidine groups is 3. The third-order valence-corrected chi connectivity index (χ3v) is 13.7. The number of hydrogen-bond donors (Lipinski definition) is 37. The zero-order chi connectivity index (χ0) is 90.6. The molecule has 12 rings (SSSR count). The number of aliphatic hydroxyl groups excluding tert-OH is 8. The number of nitrogens with one attached hydrogen (secondary N) is 26. The van der Waals surface area contributed by atoms with Gasteiger partial charge in [-0.15, -0.1) is 0 Å². The molecule has 0 radical (unpaired) electrons. The van der Waals surface area contributed by atoms with Crippen molar-refractivity contribution in [3.8, 4) is 0 Å². The van der Waals surface area contributed by atoms with E-state index < -0.39 is 33.7 Å². The number of carbonyl (C=O) groups is 1. The molecule has 0 amide bonds. The highest BCUT2D eigenvalue weighted by Gasteiger charge is 2.21. The number of nitrogen functional groups attached to an aromatic ring is 3. The summed E-state index contributed by atoms with van der Waals surface area (Å²) in [5.74, 6) is 5.86. The van der Waals surface area contributed by atoms with Gasteiger partial charge >= 0.3 is 0 Å². The summed E-state index contributed by atoms with van der Waals surface area (Å²) in [6.45, 7) is 13.6. The highest BCUT2D eigenvalue weighted by atomic mass is 16.3. The average Bonchev–Trinajstić information content (AvgIpc) is 0.757. The minimum atomic E-state index is -0.433. The molecular weight excluding hydrogens is 1690 g/mol. The number of rotatable bonds is 31. The standard InChI is InChI=1S/C29H46N30.C16H28N18O5.C6H12N6O3.C3H6N6.C2H6.CH2O.H2O/c1-5-30-15-44-19-34-9-37-23-48-17(32-7-3)49-27(54-23)42-13-59-14-43-28-55-24(38-10-35-20(45-15)51-19)53-25(56-28)39-11-36-21-46-16(31-6-2)47-22(52-21)40-12-41-26-50-18(33-8-4)57-29(59)58-26;35-3-21-12-27-8(17-1-19-10-29-13(22-4-36)33-14(30-10)23-5-37)26-9(28-12)18-2-20-11-31-15(24-6-38)34-16(32-11)25-7-39;13-1-7-4-10-5(8-2-14)12-6(11-4)9-3-15;4-1-7-2(5)9-3(6)8-1;2*1-2;/h5-14H2,1-4H3,(H2,33,41,50,57,58)(H3,30,34,35,44,45,51)(H3,31,36,40,46,47,52)(H3,32,37,42,48,49,54)(H3,38,39,43,53,55,56);35-39H,1-7H2,(H3,17,18,21,26,27,28)(H3,19,22,23,29,30,33)(H3,20,24,25,31,32,34);13-15H,1-3H2,(H3,7,8,9,10,11,12);(H6,4,5,6,7,8,9);1-2H3;1H2;1H2. The number of hydrogen-bond acceptors (Lipinski definition) is 67. The van der Waals surface area contributed by atoms with Crippen LogP contribution in [0, 0.1) is 0 Å². The van der Waals surface area contributed by atoms with Gasteiger partial charge in [0.2, 0.25) is 178 Å². The Labute approximate surface area is 719 Å². The molecule has 3 aliphatic rings. The summed E-state index contributed by atoms with van der Waals surface area (Å²) < 4.78 is 0. The van der Waals surface area contributed by atoms with Crippen LogP contribution in [0.4, 0.5) is 161 Å². The van der Waals surface area contributed by atoms with Crippen molar-refractivity contribution in [1.29, 1.82) is 0 Å². The van der Waals surface area contributed by atoms with Crippen LogP contribution >= 0.6 is 0 Å². The van der Waals surface area contributed by atoms with Gasteiger partial charge in [0.25, 0.3) is 0 Å². The molecule has 3 aliphatic heterocycles. The van der Waals surface area contributed by atoms with Gasteiger partial charge in [-0.2, -0.15) is 135 Å². The topological polar surface area (TPSA) is 990 Å². The van der Waals surface area contributed by atoms with Crippen molar-refractivity contribution >= 4 is 185 Å². The molecule has 1 saturated heterocycles. The molecule has 70 nitrogen and oxygen atoms in total. The van der Waals surface area contributed by atoms with Gasteiger partial charge in [-0.1, -0.05) is 13.8 Å². The van der Waals surface area contributed by atoms with Crippen LogP contribution in [0.15, 0.2) is 15.0 Å². The average molecular weight is 1790 g/mol. The Morgan fingerprint density at radius 2 is 0.543 bits per heavy atom. The van der Waals surface area contributed by atoms with Crippen molar-refractivity contribution in [3.05, 3.63) is 0 Å². The largest absolute Gasteiger partial charge is 0.412 e. The number of aliphatic imine (C=N–C) groups is 3. The molecule has 0 atom stereocenters. The SMILES string of the molecule is C=O.CC.CCN=C1NC2=NCNc3nc(NCC)nc(n3)NCN3CNc4nc(nc(n4)NCNc4nc(NCC)nc(n4)NCNc4nc(NCC)nc3n4)NCN=C(N1)N2.Nc1nc(N)nc(N)n1.O.OCNc1nc(NCO)nc(NCNc2nc(NCO)nc(NCNc3nc(NCO)nc(NCO)n3)n2)n1.OCNc1nc(NCO)nc(NCO)n1. The highest BCUT2D eigenvalue weighted by molar-refractivity contribution is 6.16. The number of carbonyl (C=O) groups excluding carboxylic acids is 1. The second-order valence-electron chi connectivity index (χ2n) is 22.3. The monoisotopic (exact) mass is 1790 g/mol. The zero-order valence-electron chi connectivity index (χ0n) is 68.9. The van der Waals surface area contributed by atoms with Crippen LogP contribution in [0.1, 0.15) is 41.5 Å². The van der Waals surface area contributed by atoms with Crippen molar-refractivity contribution in [2.45, 2.75) is 41.5 Å². The van der Waals surface area contributed by atoms with E-state index in [1.54, 1.807) is 4.90 Å². The second-order valence-corrected chi connectivity index (χ2v) is 22.3. The fraction of sp³-hybridized carbons (Fsp3) is 0.456. The fourth-order valence-electron chi connectivity index (χ4n) is 8.97. The van der Waals surface area contributed by atoms with E-state index in [2.05, 4.69) is 278 Å². The first-order valence-electron chi connectivity index (χ1n) is 37.4. The first-order chi connectivity index (χ1) is 61.5. The van der Waals surface area contributed by atoms with E-state index in [-0.39, 0.29) is 210 Å². The Hall–Kier alpha value is -16.6. The summed E-state index contributed by atoms with van der Waals surface area (Å²) in [4.78, 5) is 137. The van der Waals surface area contributed by atoms with E-state index in [0.717, 1.165) is 0 Å². The molecule has 70 heteroatoms. The van der Waals surface area contributed by atoms with Crippen LogP contribution < -0.4 is 160 Å². The third kappa shape index (κ3) is 35.2. The fourth-order valence-corrected chi connectivity index (χ4v) is 8.97. The van der Waals surface area contributed by atoms with Crippen molar-refractivity contribution < 1.29 is 51.1 Å². The predicted molar refractivity (Wildman–Crippen MR) is 469 cm³/mol. The molecule has 127 heavy (non-hydrogen) atoms. The van der Waals surface area contributed by atoms with Crippen LogP contribution in [0.5, 0.6) is 0 Å². The maximum atomic E-state index is 9.21. The lowest BCUT2D eigenvalue weighted by molar-refractivity contribution is -0.0980. The number of fused-ring (bicyclic) bond motifs is 13. The summed E-state index contributed by atoms with van der Waals surface area (Å²) in [7, 11) is 0.